The van der Waals surface area contributed by atoms with E-state index in [1.54, 1.807) is 6.20 Å². The first-order chi connectivity index (χ1) is 6.79. The highest BCUT2D eigenvalue weighted by atomic mass is 15.1. The molecule has 3 nitrogen and oxygen atoms in total. The van der Waals surface area contributed by atoms with Gasteiger partial charge in [0.25, 0.3) is 0 Å². The lowest BCUT2D eigenvalue weighted by Crippen LogP contribution is -2.07. The van der Waals surface area contributed by atoms with Crippen LogP contribution in [0.5, 0.6) is 0 Å². The molecule has 0 unspecified atom stereocenters. The molecule has 0 saturated heterocycles. The van der Waals surface area contributed by atoms with Gasteiger partial charge >= 0.3 is 0 Å². The maximum absolute atomic E-state index is 5.46. The maximum atomic E-state index is 5.46. The summed E-state index contributed by atoms with van der Waals surface area (Å²) in [4.78, 5) is 4.29. The fraction of sp³-hybridized carbons (Fsp3) is 0.182. The number of nitrogens with zero attached hydrogens (tertiary/aromatic N) is 2. The molecule has 0 aliphatic carbocycles. The molecular weight excluding hydrogens is 174 g/mol. The van der Waals surface area contributed by atoms with E-state index in [2.05, 4.69) is 17.2 Å². The van der Waals surface area contributed by atoms with Gasteiger partial charge in [0.2, 0.25) is 0 Å². The summed E-state index contributed by atoms with van der Waals surface area (Å²) < 4.78 is 0. The summed E-state index contributed by atoms with van der Waals surface area (Å²) in [6.07, 6.45) is 1.72. The predicted octanol–water partition coefficient (Wildman–Crippen LogP) is 1.16. The van der Waals surface area contributed by atoms with Crippen molar-refractivity contribution < 1.29 is 0 Å². The second-order valence-electron chi connectivity index (χ2n) is 3.26. The monoisotopic (exact) mass is 186 g/mol. The Balaban J connectivity index is 2.22. The topological polar surface area (TPSA) is 52.5 Å². The Hall–Kier alpha value is -1.61. The molecule has 1 aliphatic heterocycles. The average Bonchev–Trinajstić information content (AvgIpc) is 2.67. The van der Waals surface area contributed by atoms with Crippen LogP contribution in [0.1, 0.15) is 11.1 Å². The molecule has 71 valence electrons. The molecule has 0 fully saturated rings. The number of nitrogens with two attached hydrogens (primary N) is 1. The summed E-state index contributed by atoms with van der Waals surface area (Å²) in [7, 11) is 0. The lowest BCUT2D eigenvalue weighted by atomic mass is 10.1. The molecule has 1 aromatic rings. The molecule has 2 N–H and O–H groups in total. The highest BCUT2D eigenvalue weighted by molar-refractivity contribution is 6.01. The number of aryl methyl sites for hydroxylation is 1. The Morgan fingerprint density at radius 3 is 2.50 bits per heavy atom. The number of aliphatic imine (C=N–C) groups is 1. The number of rotatable bonds is 2. The van der Waals surface area contributed by atoms with Gasteiger partial charge in [-0.1, -0.05) is 29.8 Å². The van der Waals surface area contributed by atoms with E-state index in [-0.39, 0.29) is 0 Å². The van der Waals surface area contributed by atoms with Gasteiger partial charge in [0, 0.05) is 12.1 Å². The van der Waals surface area contributed by atoms with Crippen molar-refractivity contribution in [1.29, 1.82) is 0 Å². The highest BCUT2D eigenvalue weighted by Crippen LogP contribution is 2.10. The molecule has 3 heteroatoms. The number of hydrogen-bond donors (Lipinski definition) is 1. The van der Waals surface area contributed by atoms with E-state index in [0.29, 0.717) is 6.54 Å². The van der Waals surface area contributed by atoms with Gasteiger partial charge < -0.3 is 5.73 Å². The largest absolute Gasteiger partial charge is 0.325 e. The van der Waals surface area contributed by atoms with Crippen molar-refractivity contribution in [1.82, 2.24) is 5.32 Å². The van der Waals surface area contributed by atoms with Crippen molar-refractivity contribution in [3.8, 4) is 0 Å². The molecule has 1 radical (unpaired) electrons. The summed E-state index contributed by atoms with van der Waals surface area (Å²) in [6, 6.07) is 8.14. The first-order valence-corrected chi connectivity index (χ1v) is 4.55. The van der Waals surface area contributed by atoms with Gasteiger partial charge in [0.1, 0.15) is 0 Å². The first kappa shape index (κ1) is 8.97. The first-order valence-electron chi connectivity index (χ1n) is 4.55. The average molecular weight is 186 g/mol. The van der Waals surface area contributed by atoms with Crippen LogP contribution >= 0.6 is 0 Å². The smallest absolute Gasteiger partial charge is 0.159 e. The van der Waals surface area contributed by atoms with Crippen LogP contribution in [0.2, 0.25) is 0 Å². The van der Waals surface area contributed by atoms with Crippen LogP contribution in [-0.4, -0.2) is 12.4 Å². The van der Waals surface area contributed by atoms with Crippen molar-refractivity contribution in [3.05, 3.63) is 47.3 Å². The third kappa shape index (κ3) is 1.67. The minimum atomic E-state index is 0.443. The van der Waals surface area contributed by atoms with E-state index in [0.717, 1.165) is 17.1 Å². The van der Waals surface area contributed by atoms with Crippen molar-refractivity contribution in [2.24, 2.45) is 10.7 Å². The Morgan fingerprint density at radius 2 is 1.93 bits per heavy atom. The molecule has 1 aromatic carbocycles. The third-order valence-electron chi connectivity index (χ3n) is 2.10. The lowest BCUT2D eigenvalue weighted by Gasteiger charge is -1.99. The molecular formula is C11H12N3. The fourth-order valence-electron chi connectivity index (χ4n) is 1.27. The third-order valence-corrected chi connectivity index (χ3v) is 2.10. The van der Waals surface area contributed by atoms with Crippen LogP contribution in [0.15, 0.2) is 41.2 Å². The SMILES string of the molecule is Cc1ccc(C2=NC(CN)=C[N]2)cc1. The summed E-state index contributed by atoms with van der Waals surface area (Å²) in [5.74, 6) is 0.755. The van der Waals surface area contributed by atoms with E-state index in [1.807, 2.05) is 24.3 Å². The van der Waals surface area contributed by atoms with Crippen molar-refractivity contribution in [2.75, 3.05) is 6.54 Å². The fourth-order valence-corrected chi connectivity index (χ4v) is 1.27. The molecule has 0 spiro atoms. The zero-order chi connectivity index (χ0) is 9.97. The minimum Gasteiger partial charge on any atom is -0.325 e. The van der Waals surface area contributed by atoms with Gasteiger partial charge in [0.05, 0.1) is 11.9 Å². The second kappa shape index (κ2) is 3.64. The van der Waals surface area contributed by atoms with E-state index in [9.17, 15) is 0 Å². The van der Waals surface area contributed by atoms with Crippen molar-refractivity contribution in [3.63, 3.8) is 0 Å². The quantitative estimate of drug-likeness (QED) is 0.740. The summed E-state index contributed by atoms with van der Waals surface area (Å²) in [5.41, 5.74) is 8.57. The predicted molar refractivity (Wildman–Crippen MR) is 57.0 cm³/mol. The standard InChI is InChI=1S/C11H12N3/c1-8-2-4-9(5-3-8)11-13-7-10(6-12)14-11/h2-5,7H,6,12H2,1H3. The van der Waals surface area contributed by atoms with Crippen LogP contribution in [0.4, 0.5) is 0 Å². The molecule has 1 heterocycles. The summed E-state index contributed by atoms with van der Waals surface area (Å²) >= 11 is 0. The maximum Gasteiger partial charge on any atom is 0.159 e. The summed E-state index contributed by atoms with van der Waals surface area (Å²) in [6.45, 7) is 2.50. The molecule has 1 aliphatic rings. The molecule has 0 bridgehead atoms. The van der Waals surface area contributed by atoms with Crippen LogP contribution in [0, 0.1) is 6.92 Å². The van der Waals surface area contributed by atoms with E-state index in [4.69, 9.17) is 5.73 Å². The highest BCUT2D eigenvalue weighted by Gasteiger charge is 2.10. The Morgan fingerprint density at radius 1 is 1.21 bits per heavy atom. The second-order valence-corrected chi connectivity index (χ2v) is 3.26. The van der Waals surface area contributed by atoms with Crippen molar-refractivity contribution in [2.45, 2.75) is 6.92 Å². The van der Waals surface area contributed by atoms with Gasteiger partial charge in [-0.15, -0.1) is 0 Å². The zero-order valence-corrected chi connectivity index (χ0v) is 8.07. The zero-order valence-electron chi connectivity index (χ0n) is 8.07. The Bertz CT molecular complexity index is 387. The number of hydrogen-bond acceptors (Lipinski definition) is 2. The normalized spacial score (nSPS) is 14.7. The van der Waals surface area contributed by atoms with E-state index >= 15 is 0 Å². The van der Waals surface area contributed by atoms with Crippen LogP contribution < -0.4 is 11.1 Å². The van der Waals surface area contributed by atoms with Gasteiger partial charge in [-0.2, -0.15) is 0 Å². The molecule has 0 atom stereocenters. The molecule has 0 amide bonds. The molecule has 0 saturated carbocycles. The van der Waals surface area contributed by atoms with Gasteiger partial charge in [-0.25, -0.2) is 10.3 Å². The van der Waals surface area contributed by atoms with E-state index in [1.165, 1.54) is 5.56 Å². The number of amidine groups is 1. The van der Waals surface area contributed by atoms with Crippen molar-refractivity contribution >= 4 is 5.84 Å². The van der Waals surface area contributed by atoms with Crippen LogP contribution in [0.3, 0.4) is 0 Å². The Kier molecular flexibility index (Phi) is 2.33. The number of benzene rings is 1. The van der Waals surface area contributed by atoms with Gasteiger partial charge in [-0.05, 0) is 6.92 Å². The van der Waals surface area contributed by atoms with Crippen LogP contribution in [-0.2, 0) is 0 Å². The minimum absolute atomic E-state index is 0.443. The van der Waals surface area contributed by atoms with E-state index < -0.39 is 0 Å². The Labute approximate surface area is 83.3 Å². The van der Waals surface area contributed by atoms with Gasteiger partial charge in [0.15, 0.2) is 5.84 Å². The molecule has 2 rings (SSSR count). The molecule has 0 aromatic heterocycles. The lowest BCUT2D eigenvalue weighted by molar-refractivity contribution is 1.11. The summed E-state index contributed by atoms with van der Waals surface area (Å²) in [5, 5.41) is 4.20. The van der Waals surface area contributed by atoms with Gasteiger partial charge in [-0.3, -0.25) is 0 Å². The molecule has 14 heavy (non-hydrogen) atoms. The van der Waals surface area contributed by atoms with Crippen LogP contribution in [0.25, 0.3) is 0 Å².